The van der Waals surface area contributed by atoms with Crippen molar-refractivity contribution in [1.29, 1.82) is 0 Å². The topological polar surface area (TPSA) is 69.6 Å². The Kier molecular flexibility index (Phi) is 5.52. The average Bonchev–Trinajstić information content (AvgIpc) is 2.44. The first-order valence-electron chi connectivity index (χ1n) is 6.81. The SMILES string of the molecule is C=CCN(C(=O)NC(C)(C(=O)O)c1ccccc1)C(C)C. The molecule has 0 saturated heterocycles. The van der Waals surface area contributed by atoms with Crippen molar-refractivity contribution in [3.63, 3.8) is 0 Å². The molecule has 5 nitrogen and oxygen atoms in total. The van der Waals surface area contributed by atoms with Crippen LogP contribution in [0.25, 0.3) is 0 Å². The Hall–Kier alpha value is -2.30. The highest BCUT2D eigenvalue weighted by molar-refractivity contribution is 5.87. The standard InChI is InChI=1S/C16H22N2O3/c1-5-11-18(12(2)3)15(21)17-16(4,14(19)20)13-9-7-6-8-10-13/h5-10,12H,1,11H2,2-4H3,(H,17,21)(H,19,20). The molecule has 0 aromatic heterocycles. The minimum Gasteiger partial charge on any atom is -0.479 e. The normalized spacial score (nSPS) is 13.3. The fraction of sp³-hybridized carbons (Fsp3) is 0.375. The summed E-state index contributed by atoms with van der Waals surface area (Å²) in [6, 6.07) is 8.16. The molecule has 0 bridgehead atoms. The molecule has 1 atom stereocenters. The van der Waals surface area contributed by atoms with Gasteiger partial charge in [0, 0.05) is 12.6 Å². The van der Waals surface area contributed by atoms with Crippen LogP contribution in [0.3, 0.4) is 0 Å². The smallest absolute Gasteiger partial charge is 0.333 e. The first-order chi connectivity index (χ1) is 9.82. The Bertz CT molecular complexity index is 514. The number of hydrogen-bond acceptors (Lipinski definition) is 2. The van der Waals surface area contributed by atoms with Gasteiger partial charge in [0.2, 0.25) is 0 Å². The summed E-state index contributed by atoms with van der Waals surface area (Å²) in [7, 11) is 0. The summed E-state index contributed by atoms with van der Waals surface area (Å²) in [4.78, 5) is 25.6. The lowest BCUT2D eigenvalue weighted by molar-refractivity contribution is -0.144. The number of rotatable bonds is 6. The van der Waals surface area contributed by atoms with Crippen LogP contribution >= 0.6 is 0 Å². The summed E-state index contributed by atoms with van der Waals surface area (Å²) in [5.41, 5.74) is -0.958. The number of carbonyl (C=O) groups excluding carboxylic acids is 1. The summed E-state index contributed by atoms with van der Waals surface area (Å²) >= 11 is 0. The number of hydrogen-bond donors (Lipinski definition) is 2. The second kappa shape index (κ2) is 6.92. The number of amides is 2. The van der Waals surface area contributed by atoms with E-state index in [4.69, 9.17) is 0 Å². The Morgan fingerprint density at radius 3 is 2.38 bits per heavy atom. The molecule has 0 spiro atoms. The van der Waals surface area contributed by atoms with Crippen LogP contribution in [0.5, 0.6) is 0 Å². The van der Waals surface area contributed by atoms with Crippen molar-refractivity contribution in [2.45, 2.75) is 32.4 Å². The number of carboxylic acid groups (broad SMARTS) is 1. The molecule has 114 valence electrons. The van der Waals surface area contributed by atoms with Crippen LogP contribution in [0.15, 0.2) is 43.0 Å². The molecule has 5 heteroatoms. The van der Waals surface area contributed by atoms with Gasteiger partial charge in [-0.05, 0) is 26.3 Å². The zero-order valence-corrected chi connectivity index (χ0v) is 12.7. The fourth-order valence-corrected chi connectivity index (χ4v) is 1.97. The van der Waals surface area contributed by atoms with E-state index in [1.807, 2.05) is 13.8 Å². The zero-order chi connectivity index (χ0) is 16.0. The maximum absolute atomic E-state index is 12.4. The quantitative estimate of drug-likeness (QED) is 0.791. The van der Waals surface area contributed by atoms with Gasteiger partial charge in [-0.15, -0.1) is 6.58 Å². The van der Waals surface area contributed by atoms with E-state index in [0.717, 1.165) is 0 Å². The van der Waals surface area contributed by atoms with E-state index in [0.29, 0.717) is 12.1 Å². The first-order valence-corrected chi connectivity index (χ1v) is 6.81. The van der Waals surface area contributed by atoms with Crippen LogP contribution in [-0.2, 0) is 10.3 Å². The molecule has 0 radical (unpaired) electrons. The van der Waals surface area contributed by atoms with Gasteiger partial charge in [-0.2, -0.15) is 0 Å². The summed E-state index contributed by atoms with van der Waals surface area (Å²) in [6.45, 7) is 9.18. The highest BCUT2D eigenvalue weighted by Crippen LogP contribution is 2.21. The summed E-state index contributed by atoms with van der Waals surface area (Å²) < 4.78 is 0. The van der Waals surface area contributed by atoms with E-state index in [-0.39, 0.29) is 6.04 Å². The molecule has 1 rings (SSSR count). The van der Waals surface area contributed by atoms with E-state index in [2.05, 4.69) is 11.9 Å². The predicted octanol–water partition coefficient (Wildman–Crippen LogP) is 2.59. The molecule has 2 amide bonds. The minimum atomic E-state index is -1.48. The molecular formula is C16H22N2O3. The van der Waals surface area contributed by atoms with Crippen LogP contribution in [0.2, 0.25) is 0 Å². The van der Waals surface area contributed by atoms with Crippen molar-refractivity contribution in [1.82, 2.24) is 10.2 Å². The lowest BCUT2D eigenvalue weighted by Crippen LogP contribution is -2.55. The van der Waals surface area contributed by atoms with E-state index in [1.54, 1.807) is 36.4 Å². The van der Waals surface area contributed by atoms with Crippen LogP contribution < -0.4 is 5.32 Å². The number of aliphatic carboxylic acids is 1. The average molecular weight is 290 g/mol. The molecule has 0 aliphatic carbocycles. The van der Waals surface area contributed by atoms with Gasteiger partial charge in [0.15, 0.2) is 5.54 Å². The van der Waals surface area contributed by atoms with Crippen molar-refractivity contribution < 1.29 is 14.7 Å². The number of nitrogens with zero attached hydrogens (tertiary/aromatic N) is 1. The van der Waals surface area contributed by atoms with Crippen molar-refractivity contribution in [2.75, 3.05) is 6.54 Å². The highest BCUT2D eigenvalue weighted by atomic mass is 16.4. The van der Waals surface area contributed by atoms with Gasteiger partial charge in [-0.3, -0.25) is 0 Å². The lowest BCUT2D eigenvalue weighted by Gasteiger charge is -2.32. The highest BCUT2D eigenvalue weighted by Gasteiger charge is 2.38. The number of nitrogens with one attached hydrogen (secondary N) is 1. The maximum Gasteiger partial charge on any atom is 0.333 e. The molecule has 0 aliphatic heterocycles. The second-order valence-electron chi connectivity index (χ2n) is 5.26. The Balaban J connectivity index is 3.06. The molecule has 1 aromatic carbocycles. The largest absolute Gasteiger partial charge is 0.479 e. The lowest BCUT2D eigenvalue weighted by atomic mass is 9.92. The van der Waals surface area contributed by atoms with Crippen molar-refractivity contribution in [2.24, 2.45) is 0 Å². The van der Waals surface area contributed by atoms with Gasteiger partial charge in [0.1, 0.15) is 0 Å². The maximum atomic E-state index is 12.4. The van der Waals surface area contributed by atoms with Crippen molar-refractivity contribution in [3.8, 4) is 0 Å². The summed E-state index contributed by atoms with van der Waals surface area (Å²) in [5, 5.41) is 12.1. The second-order valence-corrected chi connectivity index (χ2v) is 5.26. The first kappa shape index (κ1) is 16.8. The van der Waals surface area contributed by atoms with Crippen LogP contribution in [0.4, 0.5) is 4.79 Å². The number of carboxylic acids is 1. The molecule has 2 N–H and O–H groups in total. The monoisotopic (exact) mass is 290 g/mol. The Morgan fingerprint density at radius 1 is 1.38 bits per heavy atom. The third-order valence-electron chi connectivity index (χ3n) is 3.35. The van der Waals surface area contributed by atoms with Gasteiger partial charge < -0.3 is 15.3 Å². The molecule has 0 fully saturated rings. The fourth-order valence-electron chi connectivity index (χ4n) is 1.97. The third-order valence-corrected chi connectivity index (χ3v) is 3.35. The summed E-state index contributed by atoms with van der Waals surface area (Å²) in [5.74, 6) is -1.11. The van der Waals surface area contributed by atoms with E-state index in [9.17, 15) is 14.7 Å². The van der Waals surface area contributed by atoms with E-state index in [1.165, 1.54) is 11.8 Å². The third kappa shape index (κ3) is 3.84. The van der Waals surface area contributed by atoms with E-state index >= 15 is 0 Å². The number of urea groups is 1. The molecule has 0 aliphatic rings. The molecule has 0 heterocycles. The van der Waals surface area contributed by atoms with Crippen molar-refractivity contribution in [3.05, 3.63) is 48.6 Å². The Labute approximate surface area is 125 Å². The van der Waals surface area contributed by atoms with Crippen molar-refractivity contribution >= 4 is 12.0 Å². The van der Waals surface area contributed by atoms with Crippen LogP contribution in [-0.4, -0.2) is 34.6 Å². The molecule has 21 heavy (non-hydrogen) atoms. The predicted molar refractivity (Wildman–Crippen MR) is 82.0 cm³/mol. The van der Waals surface area contributed by atoms with E-state index < -0.39 is 17.5 Å². The minimum absolute atomic E-state index is 0.0585. The van der Waals surface area contributed by atoms with Gasteiger partial charge in [0.05, 0.1) is 0 Å². The van der Waals surface area contributed by atoms with Gasteiger partial charge >= 0.3 is 12.0 Å². The number of carbonyl (C=O) groups is 2. The molecule has 1 unspecified atom stereocenters. The van der Waals surface area contributed by atoms with Crippen LogP contribution in [0, 0.1) is 0 Å². The van der Waals surface area contributed by atoms with Gasteiger partial charge in [0.25, 0.3) is 0 Å². The van der Waals surface area contributed by atoms with Gasteiger partial charge in [-0.25, -0.2) is 9.59 Å². The van der Waals surface area contributed by atoms with Gasteiger partial charge in [-0.1, -0.05) is 36.4 Å². The Morgan fingerprint density at radius 2 is 1.95 bits per heavy atom. The van der Waals surface area contributed by atoms with Crippen LogP contribution in [0.1, 0.15) is 26.3 Å². The molecule has 0 saturated carbocycles. The summed E-state index contributed by atoms with van der Waals surface area (Å²) in [6.07, 6.45) is 1.61. The molecular weight excluding hydrogens is 268 g/mol. The number of benzene rings is 1. The zero-order valence-electron chi connectivity index (χ0n) is 12.7. The molecule has 1 aromatic rings.